The second-order valence-corrected chi connectivity index (χ2v) is 4.30. The van der Waals surface area contributed by atoms with Crippen molar-refractivity contribution in [1.29, 1.82) is 0 Å². The summed E-state index contributed by atoms with van der Waals surface area (Å²) in [5.41, 5.74) is 7.62. The second-order valence-electron chi connectivity index (χ2n) is 4.30. The van der Waals surface area contributed by atoms with Crippen LogP contribution in [0.3, 0.4) is 0 Å². The van der Waals surface area contributed by atoms with Gasteiger partial charge in [0.25, 0.3) is 0 Å². The van der Waals surface area contributed by atoms with E-state index in [-0.39, 0.29) is 5.82 Å². The van der Waals surface area contributed by atoms with E-state index in [1.54, 1.807) is 13.0 Å². The molecule has 3 N–H and O–H groups in total. The number of nitrogens with two attached hydrogens (primary N) is 1. The minimum Gasteiger partial charge on any atom is -0.397 e. The third-order valence-electron chi connectivity index (χ3n) is 2.94. The summed E-state index contributed by atoms with van der Waals surface area (Å²) in [6.45, 7) is 4.20. The van der Waals surface area contributed by atoms with Gasteiger partial charge in [0.05, 0.1) is 18.0 Å². The monoisotopic (exact) mass is 224 g/mol. The van der Waals surface area contributed by atoms with E-state index >= 15 is 0 Å². The highest BCUT2D eigenvalue weighted by Crippen LogP contribution is 2.23. The van der Waals surface area contributed by atoms with Crippen LogP contribution in [-0.4, -0.2) is 19.8 Å². The Labute approximate surface area is 94.8 Å². The Bertz CT molecular complexity index is 376. The van der Waals surface area contributed by atoms with Crippen LogP contribution >= 0.6 is 0 Å². The lowest BCUT2D eigenvalue weighted by molar-refractivity contribution is 0.187. The molecule has 4 heteroatoms. The van der Waals surface area contributed by atoms with Gasteiger partial charge in [-0.15, -0.1) is 0 Å². The van der Waals surface area contributed by atoms with Crippen LogP contribution in [0.25, 0.3) is 0 Å². The molecule has 1 aliphatic rings. The Morgan fingerprint density at radius 1 is 1.56 bits per heavy atom. The van der Waals surface area contributed by atoms with Crippen molar-refractivity contribution in [3.8, 4) is 0 Å². The molecule has 3 nitrogen and oxygen atoms in total. The minimum atomic E-state index is -0.257. The number of halogens is 1. The average Bonchev–Trinajstić information content (AvgIpc) is 2.74. The molecule has 0 aromatic heterocycles. The highest BCUT2D eigenvalue weighted by atomic mass is 19.1. The maximum absolute atomic E-state index is 13.2. The summed E-state index contributed by atoms with van der Waals surface area (Å²) in [6.07, 6.45) is 1.08. The fourth-order valence-electron chi connectivity index (χ4n) is 1.85. The van der Waals surface area contributed by atoms with Crippen LogP contribution in [0.5, 0.6) is 0 Å². The quantitative estimate of drug-likeness (QED) is 0.773. The van der Waals surface area contributed by atoms with Gasteiger partial charge in [0.2, 0.25) is 0 Å². The van der Waals surface area contributed by atoms with Gasteiger partial charge in [0, 0.05) is 19.1 Å². The Hall–Kier alpha value is -1.29. The number of ether oxygens (including phenoxy) is 1. The van der Waals surface area contributed by atoms with E-state index in [4.69, 9.17) is 10.5 Å². The lowest BCUT2D eigenvalue weighted by atomic mass is 10.1. The van der Waals surface area contributed by atoms with E-state index in [2.05, 4.69) is 5.32 Å². The van der Waals surface area contributed by atoms with Crippen molar-refractivity contribution in [3.05, 3.63) is 23.5 Å². The van der Waals surface area contributed by atoms with Crippen LogP contribution in [0, 0.1) is 18.7 Å². The number of benzene rings is 1. The summed E-state index contributed by atoms with van der Waals surface area (Å²) in [5, 5.41) is 3.25. The normalized spacial score (nSPS) is 20.0. The number of hydrogen-bond donors (Lipinski definition) is 2. The van der Waals surface area contributed by atoms with E-state index in [9.17, 15) is 4.39 Å². The lowest BCUT2D eigenvalue weighted by Gasteiger charge is -2.13. The molecule has 1 atom stereocenters. The predicted molar refractivity (Wildman–Crippen MR) is 63.0 cm³/mol. The van der Waals surface area contributed by atoms with Gasteiger partial charge >= 0.3 is 0 Å². The molecule has 0 spiro atoms. The molecular formula is C12H17FN2O. The number of hydrogen-bond acceptors (Lipinski definition) is 3. The first-order valence-corrected chi connectivity index (χ1v) is 5.54. The Morgan fingerprint density at radius 3 is 3.06 bits per heavy atom. The third-order valence-corrected chi connectivity index (χ3v) is 2.94. The molecule has 1 aliphatic heterocycles. The summed E-state index contributed by atoms with van der Waals surface area (Å²) in [6, 6.07) is 3.11. The molecule has 2 rings (SSSR count). The fourth-order valence-corrected chi connectivity index (χ4v) is 1.85. The molecule has 0 radical (unpaired) electrons. The van der Waals surface area contributed by atoms with Crippen LogP contribution < -0.4 is 11.1 Å². The molecule has 1 aromatic rings. The SMILES string of the molecule is Cc1cc(NCC2CCOC2)c(N)cc1F. The average molecular weight is 224 g/mol. The van der Waals surface area contributed by atoms with Gasteiger partial charge in [-0.1, -0.05) is 0 Å². The van der Waals surface area contributed by atoms with Crippen LogP contribution in [0.1, 0.15) is 12.0 Å². The highest BCUT2D eigenvalue weighted by molar-refractivity contribution is 5.67. The Kier molecular flexibility index (Phi) is 3.29. The van der Waals surface area contributed by atoms with Gasteiger partial charge in [-0.05, 0) is 31.0 Å². The number of aryl methyl sites for hydroxylation is 1. The largest absolute Gasteiger partial charge is 0.397 e. The van der Waals surface area contributed by atoms with Crippen molar-refractivity contribution in [1.82, 2.24) is 0 Å². The maximum atomic E-state index is 13.2. The lowest BCUT2D eigenvalue weighted by Crippen LogP contribution is -2.15. The van der Waals surface area contributed by atoms with Crippen LogP contribution in [0.15, 0.2) is 12.1 Å². The van der Waals surface area contributed by atoms with Gasteiger partial charge in [0.15, 0.2) is 0 Å². The van der Waals surface area contributed by atoms with Gasteiger partial charge < -0.3 is 15.8 Å². The summed E-state index contributed by atoms with van der Waals surface area (Å²) in [4.78, 5) is 0. The van der Waals surface area contributed by atoms with E-state index in [1.165, 1.54) is 6.07 Å². The number of nitrogens with one attached hydrogen (secondary N) is 1. The minimum absolute atomic E-state index is 0.257. The zero-order chi connectivity index (χ0) is 11.5. The smallest absolute Gasteiger partial charge is 0.128 e. The van der Waals surface area contributed by atoms with Crippen molar-refractivity contribution in [2.75, 3.05) is 30.8 Å². The summed E-state index contributed by atoms with van der Waals surface area (Å²) in [5.74, 6) is 0.275. The molecule has 0 saturated carbocycles. The maximum Gasteiger partial charge on any atom is 0.128 e. The van der Waals surface area contributed by atoms with Gasteiger partial charge in [0.1, 0.15) is 5.82 Å². The number of rotatable bonds is 3. The van der Waals surface area contributed by atoms with Gasteiger partial charge in [-0.2, -0.15) is 0 Å². The number of anilines is 2. The molecule has 1 saturated heterocycles. The fraction of sp³-hybridized carbons (Fsp3) is 0.500. The topological polar surface area (TPSA) is 47.3 Å². The molecule has 1 unspecified atom stereocenters. The molecule has 0 amide bonds. The van der Waals surface area contributed by atoms with E-state index in [0.29, 0.717) is 17.2 Å². The molecule has 16 heavy (non-hydrogen) atoms. The first-order valence-electron chi connectivity index (χ1n) is 5.54. The molecule has 1 fully saturated rings. The summed E-state index contributed by atoms with van der Waals surface area (Å²) < 4.78 is 18.5. The van der Waals surface area contributed by atoms with Crippen LogP contribution in [0.4, 0.5) is 15.8 Å². The zero-order valence-electron chi connectivity index (χ0n) is 9.42. The van der Waals surface area contributed by atoms with E-state index in [0.717, 1.165) is 31.9 Å². The van der Waals surface area contributed by atoms with Crippen LogP contribution in [0.2, 0.25) is 0 Å². The zero-order valence-corrected chi connectivity index (χ0v) is 9.42. The summed E-state index contributed by atoms with van der Waals surface area (Å²) >= 11 is 0. The third kappa shape index (κ3) is 2.44. The van der Waals surface area contributed by atoms with E-state index < -0.39 is 0 Å². The first kappa shape index (κ1) is 11.2. The molecule has 1 aromatic carbocycles. The van der Waals surface area contributed by atoms with Gasteiger partial charge in [-0.25, -0.2) is 4.39 Å². The molecular weight excluding hydrogens is 207 g/mol. The second kappa shape index (κ2) is 4.70. The summed E-state index contributed by atoms with van der Waals surface area (Å²) in [7, 11) is 0. The first-order chi connectivity index (χ1) is 7.66. The molecule has 0 aliphatic carbocycles. The van der Waals surface area contributed by atoms with Crippen molar-refractivity contribution in [2.24, 2.45) is 5.92 Å². The van der Waals surface area contributed by atoms with Crippen molar-refractivity contribution < 1.29 is 9.13 Å². The van der Waals surface area contributed by atoms with Crippen molar-refractivity contribution in [3.63, 3.8) is 0 Å². The van der Waals surface area contributed by atoms with Crippen LogP contribution in [-0.2, 0) is 4.74 Å². The Balaban J connectivity index is 2.00. The predicted octanol–water partition coefficient (Wildman–Crippen LogP) is 2.16. The Morgan fingerprint density at radius 2 is 2.38 bits per heavy atom. The van der Waals surface area contributed by atoms with Crippen molar-refractivity contribution >= 4 is 11.4 Å². The molecule has 1 heterocycles. The van der Waals surface area contributed by atoms with Crippen molar-refractivity contribution in [2.45, 2.75) is 13.3 Å². The molecule has 0 bridgehead atoms. The number of nitrogen functional groups attached to an aromatic ring is 1. The standard InChI is InChI=1S/C12H17FN2O/c1-8-4-12(11(14)5-10(8)13)15-6-9-2-3-16-7-9/h4-5,9,15H,2-3,6-7,14H2,1H3. The highest BCUT2D eigenvalue weighted by Gasteiger charge is 2.15. The van der Waals surface area contributed by atoms with Gasteiger partial charge in [-0.3, -0.25) is 0 Å². The van der Waals surface area contributed by atoms with E-state index in [1.807, 2.05) is 0 Å². The molecule has 88 valence electrons.